The summed E-state index contributed by atoms with van der Waals surface area (Å²) < 4.78 is 34.9. The summed E-state index contributed by atoms with van der Waals surface area (Å²) in [6.07, 6.45) is 5.00. The molecule has 174 valence electrons. The van der Waals surface area contributed by atoms with Crippen LogP contribution in [0.4, 0.5) is 0 Å². The summed E-state index contributed by atoms with van der Waals surface area (Å²) in [5.41, 5.74) is 3.27. The molecule has 0 spiro atoms. The molecular formula is C24H28N4O4S. The molecule has 3 aromatic rings. The summed E-state index contributed by atoms with van der Waals surface area (Å²) in [4.78, 5) is 15.2. The van der Waals surface area contributed by atoms with Crippen molar-refractivity contribution in [1.29, 1.82) is 0 Å². The lowest BCUT2D eigenvalue weighted by molar-refractivity contribution is 0.0304. The van der Waals surface area contributed by atoms with Gasteiger partial charge >= 0.3 is 0 Å². The number of hydrogen-bond donors (Lipinski definition) is 0. The Hall–Kier alpha value is -2.75. The number of piperidine rings is 1. The van der Waals surface area contributed by atoms with Crippen LogP contribution in [0.5, 0.6) is 0 Å². The number of sulfonamides is 1. The highest BCUT2D eigenvalue weighted by molar-refractivity contribution is 7.89. The van der Waals surface area contributed by atoms with E-state index in [0.29, 0.717) is 49.9 Å². The lowest BCUT2D eigenvalue weighted by Gasteiger charge is -2.32. The Morgan fingerprint density at radius 3 is 2.52 bits per heavy atom. The second-order valence-corrected chi connectivity index (χ2v) is 10.6. The van der Waals surface area contributed by atoms with Gasteiger partial charge in [-0.05, 0) is 55.0 Å². The fourth-order valence-electron chi connectivity index (χ4n) is 4.77. The number of rotatable bonds is 4. The number of ether oxygens (including phenoxy) is 1. The number of carbonyl (C=O) groups is 1. The molecule has 2 saturated heterocycles. The molecule has 2 aliphatic rings. The third-order valence-corrected chi connectivity index (χ3v) is 8.77. The zero-order chi connectivity index (χ0) is 23.0. The number of pyridine rings is 1. The zero-order valence-corrected chi connectivity index (χ0v) is 19.5. The van der Waals surface area contributed by atoms with Gasteiger partial charge in [0.2, 0.25) is 10.0 Å². The third-order valence-electron chi connectivity index (χ3n) is 6.71. The van der Waals surface area contributed by atoms with Crippen LogP contribution in [0.1, 0.15) is 40.2 Å². The van der Waals surface area contributed by atoms with Crippen molar-refractivity contribution in [3.8, 4) is 0 Å². The first-order valence-corrected chi connectivity index (χ1v) is 12.8. The highest BCUT2D eigenvalue weighted by atomic mass is 32.2. The second-order valence-electron chi connectivity index (χ2n) is 8.70. The van der Waals surface area contributed by atoms with E-state index < -0.39 is 10.0 Å². The summed E-state index contributed by atoms with van der Waals surface area (Å²) in [6.45, 7) is 5.07. The fourth-order valence-corrected chi connectivity index (χ4v) is 6.46. The first-order valence-electron chi connectivity index (χ1n) is 11.4. The number of aromatic nitrogens is 2. The van der Waals surface area contributed by atoms with Gasteiger partial charge < -0.3 is 9.64 Å². The minimum Gasteiger partial charge on any atom is -0.378 e. The number of fused-ring (bicyclic) bond motifs is 1. The lowest BCUT2D eigenvalue weighted by atomic mass is 9.90. The van der Waals surface area contributed by atoms with Crippen LogP contribution in [-0.2, 0) is 14.8 Å². The average Bonchev–Trinajstić information content (AvgIpc) is 3.27. The van der Waals surface area contributed by atoms with Crippen LogP contribution in [0, 0.1) is 6.92 Å². The molecule has 0 bridgehead atoms. The Kier molecular flexibility index (Phi) is 5.94. The zero-order valence-electron chi connectivity index (χ0n) is 18.7. The van der Waals surface area contributed by atoms with Crippen LogP contribution in [0.25, 0.3) is 5.52 Å². The first-order chi connectivity index (χ1) is 15.9. The smallest absolute Gasteiger partial charge is 0.257 e. The topological polar surface area (TPSA) is 84.2 Å². The molecule has 0 N–H and O–H groups in total. The molecule has 2 fully saturated rings. The molecule has 33 heavy (non-hydrogen) atoms. The molecule has 8 nitrogen and oxygen atoms in total. The number of hydrogen-bond acceptors (Lipinski definition) is 5. The predicted molar refractivity (Wildman–Crippen MR) is 124 cm³/mol. The van der Waals surface area contributed by atoms with E-state index in [0.717, 1.165) is 29.5 Å². The maximum Gasteiger partial charge on any atom is 0.257 e. The largest absolute Gasteiger partial charge is 0.378 e. The highest BCUT2D eigenvalue weighted by Crippen LogP contribution is 2.32. The minimum absolute atomic E-state index is 0.0235. The van der Waals surface area contributed by atoms with E-state index in [4.69, 9.17) is 4.74 Å². The Morgan fingerprint density at radius 1 is 1.06 bits per heavy atom. The number of aryl methyl sites for hydroxylation is 1. The van der Waals surface area contributed by atoms with Gasteiger partial charge in [0.15, 0.2) is 0 Å². The molecular weight excluding hydrogens is 440 g/mol. The van der Waals surface area contributed by atoms with E-state index >= 15 is 0 Å². The van der Waals surface area contributed by atoms with E-state index in [1.807, 2.05) is 42.3 Å². The van der Waals surface area contributed by atoms with Gasteiger partial charge in [0, 0.05) is 32.4 Å². The molecule has 2 aromatic heterocycles. The molecule has 0 radical (unpaired) electrons. The summed E-state index contributed by atoms with van der Waals surface area (Å²) in [5.74, 6) is 0.212. The molecule has 0 unspecified atom stereocenters. The molecule has 5 rings (SSSR count). The Labute approximate surface area is 193 Å². The summed E-state index contributed by atoms with van der Waals surface area (Å²) in [5, 5.41) is 4.36. The van der Waals surface area contributed by atoms with Crippen molar-refractivity contribution in [3.63, 3.8) is 0 Å². The Bertz CT molecular complexity index is 1270. The van der Waals surface area contributed by atoms with Crippen LogP contribution in [0.2, 0.25) is 0 Å². The van der Waals surface area contributed by atoms with Crippen molar-refractivity contribution in [2.75, 3.05) is 39.4 Å². The normalized spacial score (nSPS) is 18.6. The Morgan fingerprint density at radius 2 is 1.79 bits per heavy atom. The number of nitrogens with zero attached hydrogens (tertiary/aromatic N) is 4. The van der Waals surface area contributed by atoms with Gasteiger partial charge in [-0.3, -0.25) is 4.79 Å². The molecule has 0 aliphatic carbocycles. The standard InChI is InChI=1S/C24H28N4O4S/c1-18-4-2-3-5-23(18)33(30,31)27-9-6-19(7-10-27)20-8-11-28-22(16-20)21(17-25-28)24(29)26-12-14-32-15-13-26/h2-5,8,11,16-17,19H,6-7,9-10,12-15H2,1H3. The van der Waals surface area contributed by atoms with Crippen molar-refractivity contribution >= 4 is 21.4 Å². The van der Waals surface area contributed by atoms with E-state index in [-0.39, 0.29) is 11.8 Å². The van der Waals surface area contributed by atoms with Gasteiger partial charge in [-0.15, -0.1) is 0 Å². The predicted octanol–water partition coefficient (Wildman–Crippen LogP) is 2.68. The van der Waals surface area contributed by atoms with Crippen molar-refractivity contribution in [2.45, 2.75) is 30.6 Å². The SMILES string of the molecule is Cc1ccccc1S(=O)(=O)N1CCC(c2ccn3ncc(C(=O)N4CCOCC4)c3c2)CC1. The molecule has 1 amide bonds. The monoisotopic (exact) mass is 468 g/mol. The molecule has 2 aliphatic heterocycles. The van der Waals surface area contributed by atoms with Gasteiger partial charge in [-0.25, -0.2) is 12.9 Å². The van der Waals surface area contributed by atoms with E-state index in [9.17, 15) is 13.2 Å². The van der Waals surface area contributed by atoms with Crippen molar-refractivity contribution < 1.29 is 17.9 Å². The van der Waals surface area contributed by atoms with Crippen LogP contribution in [-0.4, -0.2) is 72.5 Å². The third kappa shape index (κ3) is 4.16. The summed E-state index contributed by atoms with van der Waals surface area (Å²) in [7, 11) is -3.50. The average molecular weight is 469 g/mol. The van der Waals surface area contributed by atoms with Crippen molar-refractivity contribution in [3.05, 3.63) is 65.5 Å². The fraction of sp³-hybridized carbons (Fsp3) is 0.417. The molecule has 1 aromatic carbocycles. The molecule has 0 atom stereocenters. The minimum atomic E-state index is -3.50. The number of carbonyl (C=O) groups excluding carboxylic acids is 1. The van der Waals surface area contributed by atoms with Crippen molar-refractivity contribution in [1.82, 2.24) is 18.8 Å². The first kappa shape index (κ1) is 22.1. The van der Waals surface area contributed by atoms with E-state index in [1.165, 1.54) is 0 Å². The van der Waals surface area contributed by atoms with Crippen LogP contribution in [0.3, 0.4) is 0 Å². The second kappa shape index (κ2) is 8.89. The number of morpholine rings is 1. The number of amides is 1. The van der Waals surface area contributed by atoms with Crippen LogP contribution < -0.4 is 0 Å². The van der Waals surface area contributed by atoms with Crippen molar-refractivity contribution in [2.24, 2.45) is 0 Å². The summed E-state index contributed by atoms with van der Waals surface area (Å²) >= 11 is 0. The van der Waals surface area contributed by atoms with Crippen LogP contribution >= 0.6 is 0 Å². The lowest BCUT2D eigenvalue weighted by Crippen LogP contribution is -2.40. The van der Waals surface area contributed by atoms with E-state index in [2.05, 4.69) is 5.10 Å². The van der Waals surface area contributed by atoms with Gasteiger partial charge in [0.25, 0.3) is 5.91 Å². The quantitative estimate of drug-likeness (QED) is 0.588. The maximum atomic E-state index is 13.1. The maximum absolute atomic E-state index is 13.1. The molecule has 9 heteroatoms. The molecule has 4 heterocycles. The summed E-state index contributed by atoms with van der Waals surface area (Å²) in [6, 6.07) is 11.2. The van der Waals surface area contributed by atoms with Gasteiger partial charge in [-0.1, -0.05) is 18.2 Å². The van der Waals surface area contributed by atoms with Gasteiger partial charge in [-0.2, -0.15) is 9.40 Å². The van der Waals surface area contributed by atoms with Crippen LogP contribution in [0.15, 0.2) is 53.7 Å². The number of benzene rings is 1. The van der Waals surface area contributed by atoms with E-state index in [1.54, 1.807) is 27.2 Å². The van der Waals surface area contributed by atoms with Gasteiger partial charge in [0.1, 0.15) is 0 Å². The Balaban J connectivity index is 1.34. The molecule has 0 saturated carbocycles. The van der Waals surface area contributed by atoms with Gasteiger partial charge in [0.05, 0.1) is 35.4 Å². The highest BCUT2D eigenvalue weighted by Gasteiger charge is 2.31.